The smallest absolute Gasteiger partial charge is 0.241 e. The standard InChI is InChI=1S/C17H34N2O/c1-5-11-16-18-15(6-2)17(20)19(16)13-10-8-7-9-12-14(3)4/h14-16,18H,5-13H2,1-4H3. The molecule has 2 unspecified atom stereocenters. The van der Waals surface area contributed by atoms with E-state index < -0.39 is 0 Å². The Kier molecular flexibility index (Phi) is 8.20. The van der Waals surface area contributed by atoms with Crippen molar-refractivity contribution in [3.05, 3.63) is 0 Å². The van der Waals surface area contributed by atoms with Crippen LogP contribution in [-0.2, 0) is 4.79 Å². The summed E-state index contributed by atoms with van der Waals surface area (Å²) >= 11 is 0. The molecule has 1 rings (SSSR count). The molecule has 0 radical (unpaired) electrons. The fourth-order valence-corrected chi connectivity index (χ4v) is 3.01. The number of carbonyl (C=O) groups excluding carboxylic acids is 1. The summed E-state index contributed by atoms with van der Waals surface area (Å²) in [5.74, 6) is 1.15. The number of carbonyl (C=O) groups is 1. The highest BCUT2D eigenvalue weighted by Crippen LogP contribution is 2.18. The van der Waals surface area contributed by atoms with E-state index in [0.29, 0.717) is 5.91 Å². The maximum Gasteiger partial charge on any atom is 0.241 e. The second-order valence-corrected chi connectivity index (χ2v) is 6.56. The van der Waals surface area contributed by atoms with Crippen LogP contribution in [0.4, 0.5) is 0 Å². The summed E-state index contributed by atoms with van der Waals surface area (Å²) < 4.78 is 0. The van der Waals surface area contributed by atoms with Crippen LogP contribution in [0.2, 0.25) is 0 Å². The van der Waals surface area contributed by atoms with Crippen molar-refractivity contribution in [3.8, 4) is 0 Å². The Morgan fingerprint density at radius 2 is 1.85 bits per heavy atom. The molecule has 20 heavy (non-hydrogen) atoms. The van der Waals surface area contributed by atoms with Crippen molar-refractivity contribution in [3.63, 3.8) is 0 Å². The van der Waals surface area contributed by atoms with E-state index in [9.17, 15) is 4.79 Å². The minimum atomic E-state index is 0.0625. The normalized spacial score (nSPS) is 23.1. The van der Waals surface area contributed by atoms with Crippen LogP contribution >= 0.6 is 0 Å². The third-order valence-electron chi connectivity index (χ3n) is 4.25. The van der Waals surface area contributed by atoms with E-state index in [1.54, 1.807) is 0 Å². The molecule has 0 aromatic heterocycles. The highest BCUT2D eigenvalue weighted by atomic mass is 16.2. The lowest BCUT2D eigenvalue weighted by Gasteiger charge is -2.23. The first-order chi connectivity index (χ1) is 9.60. The van der Waals surface area contributed by atoms with Crippen molar-refractivity contribution in [1.29, 1.82) is 0 Å². The Hall–Kier alpha value is -0.570. The zero-order valence-electron chi connectivity index (χ0n) is 14.0. The molecule has 0 spiro atoms. The molecular formula is C17H34N2O. The summed E-state index contributed by atoms with van der Waals surface area (Å²) in [5.41, 5.74) is 0. The average Bonchev–Trinajstić information content (AvgIpc) is 2.70. The summed E-state index contributed by atoms with van der Waals surface area (Å²) in [5, 5.41) is 3.48. The van der Waals surface area contributed by atoms with Gasteiger partial charge in [-0.3, -0.25) is 10.1 Å². The molecule has 0 bridgehead atoms. The summed E-state index contributed by atoms with van der Waals surface area (Å²) in [6.07, 6.45) is 9.79. The molecular weight excluding hydrogens is 248 g/mol. The monoisotopic (exact) mass is 282 g/mol. The molecule has 2 atom stereocenters. The predicted molar refractivity (Wildman–Crippen MR) is 85.5 cm³/mol. The van der Waals surface area contributed by atoms with E-state index in [4.69, 9.17) is 0 Å². The van der Waals surface area contributed by atoms with Gasteiger partial charge in [0.25, 0.3) is 0 Å². The number of unbranched alkanes of at least 4 members (excludes halogenated alkanes) is 3. The second kappa shape index (κ2) is 9.38. The first-order valence-corrected chi connectivity index (χ1v) is 8.66. The van der Waals surface area contributed by atoms with E-state index in [-0.39, 0.29) is 12.2 Å². The Bertz CT molecular complexity index is 278. The molecule has 3 nitrogen and oxygen atoms in total. The summed E-state index contributed by atoms with van der Waals surface area (Å²) in [7, 11) is 0. The van der Waals surface area contributed by atoms with Crippen LogP contribution < -0.4 is 5.32 Å². The molecule has 0 saturated carbocycles. The fraction of sp³-hybridized carbons (Fsp3) is 0.941. The third-order valence-corrected chi connectivity index (χ3v) is 4.25. The van der Waals surface area contributed by atoms with Gasteiger partial charge in [0, 0.05) is 6.54 Å². The molecule has 1 N–H and O–H groups in total. The van der Waals surface area contributed by atoms with Crippen LogP contribution in [0.15, 0.2) is 0 Å². The summed E-state index contributed by atoms with van der Waals surface area (Å²) in [4.78, 5) is 14.4. The van der Waals surface area contributed by atoms with Crippen molar-refractivity contribution in [2.45, 2.75) is 91.3 Å². The van der Waals surface area contributed by atoms with Crippen LogP contribution in [0, 0.1) is 5.92 Å². The van der Waals surface area contributed by atoms with Gasteiger partial charge in [-0.05, 0) is 25.2 Å². The SMILES string of the molecule is CCCC1NC(CC)C(=O)N1CCCCCCC(C)C. The van der Waals surface area contributed by atoms with E-state index in [2.05, 4.69) is 37.9 Å². The Morgan fingerprint density at radius 3 is 2.45 bits per heavy atom. The van der Waals surface area contributed by atoms with Gasteiger partial charge in [-0.2, -0.15) is 0 Å². The van der Waals surface area contributed by atoms with E-state index in [1.807, 2.05) is 0 Å². The first-order valence-electron chi connectivity index (χ1n) is 8.66. The maximum absolute atomic E-state index is 12.3. The number of nitrogens with zero attached hydrogens (tertiary/aromatic N) is 1. The molecule has 1 amide bonds. The zero-order valence-corrected chi connectivity index (χ0v) is 14.0. The number of rotatable bonds is 10. The predicted octanol–water partition coefficient (Wildman–Crippen LogP) is 3.93. The molecule has 3 heteroatoms. The minimum absolute atomic E-state index is 0.0625. The molecule has 1 aliphatic rings. The van der Waals surface area contributed by atoms with Crippen LogP contribution in [0.25, 0.3) is 0 Å². The van der Waals surface area contributed by atoms with Gasteiger partial charge in [0.15, 0.2) is 0 Å². The van der Waals surface area contributed by atoms with Gasteiger partial charge in [-0.25, -0.2) is 0 Å². The van der Waals surface area contributed by atoms with Crippen LogP contribution in [0.5, 0.6) is 0 Å². The lowest BCUT2D eigenvalue weighted by molar-refractivity contribution is -0.130. The van der Waals surface area contributed by atoms with E-state index in [1.165, 1.54) is 25.7 Å². The number of hydrogen-bond donors (Lipinski definition) is 1. The van der Waals surface area contributed by atoms with Gasteiger partial charge in [0.1, 0.15) is 0 Å². The lowest BCUT2D eigenvalue weighted by atomic mass is 10.0. The van der Waals surface area contributed by atoms with Crippen LogP contribution in [-0.4, -0.2) is 29.6 Å². The summed E-state index contributed by atoms with van der Waals surface area (Å²) in [6.45, 7) is 9.79. The van der Waals surface area contributed by atoms with Gasteiger partial charge in [-0.1, -0.05) is 59.8 Å². The topological polar surface area (TPSA) is 32.3 Å². The highest BCUT2D eigenvalue weighted by Gasteiger charge is 2.36. The van der Waals surface area contributed by atoms with Crippen molar-refractivity contribution in [2.24, 2.45) is 5.92 Å². The Morgan fingerprint density at radius 1 is 1.15 bits per heavy atom. The number of nitrogens with one attached hydrogen (secondary N) is 1. The molecule has 1 heterocycles. The van der Waals surface area contributed by atoms with Gasteiger partial charge < -0.3 is 4.90 Å². The second-order valence-electron chi connectivity index (χ2n) is 6.56. The Labute approximate surface area is 125 Å². The van der Waals surface area contributed by atoms with Crippen LogP contribution in [0.3, 0.4) is 0 Å². The number of hydrogen-bond acceptors (Lipinski definition) is 2. The largest absolute Gasteiger partial charge is 0.326 e. The van der Waals surface area contributed by atoms with Crippen molar-refractivity contribution in [1.82, 2.24) is 10.2 Å². The molecule has 0 aromatic carbocycles. The number of amides is 1. The van der Waals surface area contributed by atoms with Crippen molar-refractivity contribution in [2.75, 3.05) is 6.54 Å². The molecule has 1 aliphatic heterocycles. The first kappa shape index (κ1) is 17.5. The quantitative estimate of drug-likeness (QED) is 0.616. The van der Waals surface area contributed by atoms with Gasteiger partial charge in [0.2, 0.25) is 5.91 Å². The van der Waals surface area contributed by atoms with Crippen LogP contribution in [0.1, 0.15) is 79.1 Å². The van der Waals surface area contributed by atoms with E-state index >= 15 is 0 Å². The lowest BCUT2D eigenvalue weighted by Crippen LogP contribution is -2.37. The maximum atomic E-state index is 12.3. The minimum Gasteiger partial charge on any atom is -0.326 e. The molecule has 0 aliphatic carbocycles. The highest BCUT2D eigenvalue weighted by molar-refractivity contribution is 5.84. The molecule has 118 valence electrons. The molecule has 1 fully saturated rings. The molecule has 0 aromatic rings. The molecule has 1 saturated heterocycles. The average molecular weight is 282 g/mol. The van der Waals surface area contributed by atoms with E-state index in [0.717, 1.165) is 38.1 Å². The fourth-order valence-electron chi connectivity index (χ4n) is 3.01. The van der Waals surface area contributed by atoms with Gasteiger partial charge in [-0.15, -0.1) is 0 Å². The van der Waals surface area contributed by atoms with Gasteiger partial charge in [0.05, 0.1) is 12.2 Å². The zero-order chi connectivity index (χ0) is 15.0. The summed E-state index contributed by atoms with van der Waals surface area (Å²) in [6, 6.07) is 0.0625. The van der Waals surface area contributed by atoms with Crippen molar-refractivity contribution < 1.29 is 4.79 Å². The van der Waals surface area contributed by atoms with Crippen molar-refractivity contribution >= 4 is 5.91 Å². The van der Waals surface area contributed by atoms with Gasteiger partial charge >= 0.3 is 0 Å². The Balaban J connectivity index is 2.27. The third kappa shape index (κ3) is 5.43.